The average molecular weight is 381 g/mol. The Hall–Kier alpha value is -2.71. The summed E-state index contributed by atoms with van der Waals surface area (Å²) in [6.45, 7) is 1.83. The van der Waals surface area contributed by atoms with Crippen LogP contribution in [0.2, 0.25) is 0 Å². The molecule has 148 valence electrons. The number of rotatable bonds is 5. The Bertz CT molecular complexity index is 870. The summed E-state index contributed by atoms with van der Waals surface area (Å²) in [7, 11) is 0. The highest BCUT2D eigenvalue weighted by Gasteiger charge is 2.23. The first-order chi connectivity index (χ1) is 13.6. The molecule has 8 heteroatoms. The zero-order valence-corrected chi connectivity index (χ0v) is 15.9. The van der Waals surface area contributed by atoms with Crippen LogP contribution in [-0.2, 0) is 13.0 Å². The molecule has 0 spiro atoms. The monoisotopic (exact) mass is 381 g/mol. The van der Waals surface area contributed by atoms with Gasteiger partial charge < -0.3 is 27.4 Å². The molecule has 1 fully saturated rings. The van der Waals surface area contributed by atoms with Crippen LogP contribution in [0.15, 0.2) is 24.4 Å². The number of carbonyl (C=O) groups excluding carboxylic acids is 1. The van der Waals surface area contributed by atoms with E-state index in [1.165, 1.54) is 17.3 Å². The lowest BCUT2D eigenvalue weighted by atomic mass is 9.91. The van der Waals surface area contributed by atoms with E-state index >= 15 is 0 Å². The highest BCUT2D eigenvalue weighted by molar-refractivity contribution is 5.98. The van der Waals surface area contributed by atoms with Crippen LogP contribution in [0.4, 0.5) is 17.5 Å². The normalized spacial score (nSPS) is 21.6. The number of hydrogen-bond acceptors (Lipinski definition) is 7. The number of hydrogen-bond donors (Lipinski definition) is 5. The maximum absolute atomic E-state index is 11.8. The van der Waals surface area contributed by atoms with E-state index in [2.05, 4.69) is 38.1 Å². The number of fused-ring (bicyclic) bond motifs is 1. The zero-order valence-electron chi connectivity index (χ0n) is 15.9. The number of benzene rings is 1. The number of nitrogens with one attached hydrogen (secondary N) is 3. The Morgan fingerprint density at radius 3 is 2.89 bits per heavy atom. The molecule has 1 saturated carbocycles. The van der Waals surface area contributed by atoms with Gasteiger partial charge in [-0.05, 0) is 49.1 Å². The minimum Gasteiger partial charge on any atom is -0.365 e. The summed E-state index contributed by atoms with van der Waals surface area (Å²) < 4.78 is 0. The van der Waals surface area contributed by atoms with Gasteiger partial charge in [-0.3, -0.25) is 4.79 Å². The summed E-state index contributed by atoms with van der Waals surface area (Å²) in [6, 6.07) is 6.41. The van der Waals surface area contributed by atoms with E-state index in [0.29, 0.717) is 11.8 Å². The third-order valence-electron chi connectivity index (χ3n) is 5.54. The Morgan fingerprint density at radius 1 is 1.21 bits per heavy atom. The fourth-order valence-electron chi connectivity index (χ4n) is 3.93. The molecule has 2 aromatic rings. The zero-order chi connectivity index (χ0) is 19.5. The molecule has 1 amide bonds. The van der Waals surface area contributed by atoms with Crippen LogP contribution in [0.25, 0.3) is 0 Å². The Balaban J connectivity index is 1.58. The van der Waals surface area contributed by atoms with Gasteiger partial charge >= 0.3 is 0 Å². The predicted octanol–water partition coefficient (Wildman–Crippen LogP) is 1.65. The smallest absolute Gasteiger partial charge is 0.254 e. The highest BCUT2D eigenvalue weighted by atomic mass is 16.1. The third kappa shape index (κ3) is 4.07. The van der Waals surface area contributed by atoms with Crippen LogP contribution in [0.5, 0.6) is 0 Å². The Labute approximate surface area is 164 Å². The van der Waals surface area contributed by atoms with Crippen molar-refractivity contribution in [2.75, 3.05) is 17.2 Å². The molecule has 7 N–H and O–H groups in total. The van der Waals surface area contributed by atoms with E-state index in [1.807, 2.05) is 6.07 Å². The first-order valence-electron chi connectivity index (χ1n) is 9.88. The summed E-state index contributed by atoms with van der Waals surface area (Å²) in [5, 5.41) is 9.94. The first kappa shape index (κ1) is 18.6. The van der Waals surface area contributed by atoms with Crippen molar-refractivity contribution in [2.24, 2.45) is 11.5 Å². The first-order valence-corrected chi connectivity index (χ1v) is 9.88. The highest BCUT2D eigenvalue weighted by Crippen LogP contribution is 2.25. The topological polar surface area (TPSA) is 131 Å². The van der Waals surface area contributed by atoms with E-state index in [-0.39, 0.29) is 17.6 Å². The van der Waals surface area contributed by atoms with E-state index in [0.717, 1.165) is 50.9 Å². The minimum atomic E-state index is -0.567. The van der Waals surface area contributed by atoms with E-state index in [9.17, 15) is 4.79 Å². The summed E-state index contributed by atoms with van der Waals surface area (Å²) in [5.41, 5.74) is 15.5. The van der Waals surface area contributed by atoms with Gasteiger partial charge in [0.15, 0.2) is 0 Å². The Morgan fingerprint density at radius 2 is 2.07 bits per heavy atom. The maximum Gasteiger partial charge on any atom is 0.254 e. The van der Waals surface area contributed by atoms with Crippen molar-refractivity contribution in [3.8, 4) is 0 Å². The standard InChI is InChI=1S/C20H27N7O/c21-16-3-1-2-4-17(16)26-20-24-11-15(18(22)28)19(27-20)25-14-6-5-12-7-8-23-10-13(12)9-14/h5-6,9,11,16-17,23H,1-4,7-8,10,21H2,(H2,22,28)(H2,24,25,26,27)/t16-,17+/m0/s1. The average Bonchev–Trinajstić information content (AvgIpc) is 2.70. The maximum atomic E-state index is 11.8. The van der Waals surface area contributed by atoms with Gasteiger partial charge in [-0.15, -0.1) is 0 Å². The van der Waals surface area contributed by atoms with Crippen molar-refractivity contribution >= 4 is 23.4 Å². The van der Waals surface area contributed by atoms with Crippen LogP contribution in [-0.4, -0.2) is 34.5 Å². The lowest BCUT2D eigenvalue weighted by molar-refractivity contribution is 0.100. The quantitative estimate of drug-likeness (QED) is 0.532. The number of carbonyl (C=O) groups is 1. The third-order valence-corrected chi connectivity index (χ3v) is 5.54. The SMILES string of the molecule is NC(=O)c1cnc(N[C@@H]2CCCC[C@@H]2N)nc1Nc1ccc2c(c1)CNCC2. The molecule has 0 saturated heterocycles. The number of aromatic nitrogens is 2. The molecular weight excluding hydrogens is 354 g/mol. The summed E-state index contributed by atoms with van der Waals surface area (Å²) in [4.78, 5) is 20.6. The van der Waals surface area contributed by atoms with Gasteiger partial charge in [-0.2, -0.15) is 4.98 Å². The molecular formula is C20H27N7O. The van der Waals surface area contributed by atoms with Gasteiger partial charge in [0.2, 0.25) is 5.95 Å². The molecule has 8 nitrogen and oxygen atoms in total. The van der Waals surface area contributed by atoms with Crippen molar-refractivity contribution < 1.29 is 4.79 Å². The predicted molar refractivity (Wildman–Crippen MR) is 110 cm³/mol. The number of anilines is 3. The van der Waals surface area contributed by atoms with Gasteiger partial charge in [0.25, 0.3) is 5.91 Å². The van der Waals surface area contributed by atoms with Crippen molar-refractivity contribution in [2.45, 2.75) is 50.7 Å². The number of nitrogens with two attached hydrogens (primary N) is 2. The molecule has 2 heterocycles. The van der Waals surface area contributed by atoms with Crippen LogP contribution >= 0.6 is 0 Å². The van der Waals surface area contributed by atoms with Crippen LogP contribution < -0.4 is 27.4 Å². The molecule has 1 aliphatic heterocycles. The molecule has 1 aromatic heterocycles. The molecule has 2 atom stereocenters. The molecule has 28 heavy (non-hydrogen) atoms. The summed E-state index contributed by atoms with van der Waals surface area (Å²) >= 11 is 0. The van der Waals surface area contributed by atoms with E-state index < -0.39 is 5.91 Å². The number of nitrogens with zero attached hydrogens (tertiary/aromatic N) is 2. The number of amides is 1. The van der Waals surface area contributed by atoms with Gasteiger partial charge in [0.1, 0.15) is 11.4 Å². The summed E-state index contributed by atoms with van der Waals surface area (Å²) in [6.07, 6.45) is 6.76. The van der Waals surface area contributed by atoms with Crippen molar-refractivity contribution in [1.82, 2.24) is 15.3 Å². The van der Waals surface area contributed by atoms with Crippen molar-refractivity contribution in [3.63, 3.8) is 0 Å². The van der Waals surface area contributed by atoms with Crippen LogP contribution in [0.1, 0.15) is 47.2 Å². The molecule has 1 aliphatic carbocycles. The minimum absolute atomic E-state index is 0.0812. The second-order valence-electron chi connectivity index (χ2n) is 7.55. The summed E-state index contributed by atoms with van der Waals surface area (Å²) in [5.74, 6) is 0.288. The van der Waals surface area contributed by atoms with Crippen LogP contribution in [0, 0.1) is 0 Å². The molecule has 1 aromatic carbocycles. The second-order valence-corrected chi connectivity index (χ2v) is 7.55. The van der Waals surface area contributed by atoms with E-state index in [4.69, 9.17) is 11.5 Å². The molecule has 4 rings (SSSR count). The molecule has 0 bridgehead atoms. The van der Waals surface area contributed by atoms with Crippen LogP contribution in [0.3, 0.4) is 0 Å². The lowest BCUT2D eigenvalue weighted by Crippen LogP contribution is -2.43. The lowest BCUT2D eigenvalue weighted by Gasteiger charge is -2.29. The fourth-order valence-corrected chi connectivity index (χ4v) is 3.93. The fraction of sp³-hybridized carbons (Fsp3) is 0.450. The van der Waals surface area contributed by atoms with Crippen molar-refractivity contribution in [3.05, 3.63) is 41.1 Å². The Kier molecular flexibility index (Phi) is 5.40. The molecule has 0 radical (unpaired) electrons. The molecule has 0 unspecified atom stereocenters. The largest absolute Gasteiger partial charge is 0.365 e. The van der Waals surface area contributed by atoms with Gasteiger partial charge in [0.05, 0.1) is 0 Å². The van der Waals surface area contributed by atoms with Gasteiger partial charge in [-0.25, -0.2) is 4.98 Å². The second kappa shape index (κ2) is 8.12. The number of primary amides is 1. The molecule has 2 aliphatic rings. The van der Waals surface area contributed by atoms with Gasteiger partial charge in [-0.1, -0.05) is 18.9 Å². The van der Waals surface area contributed by atoms with Crippen molar-refractivity contribution in [1.29, 1.82) is 0 Å². The van der Waals surface area contributed by atoms with Gasteiger partial charge in [0, 0.05) is 30.5 Å². The van der Waals surface area contributed by atoms with E-state index in [1.54, 1.807) is 0 Å².